The van der Waals surface area contributed by atoms with Crippen molar-refractivity contribution in [3.8, 4) is 0 Å². The Bertz CT molecular complexity index is 938. The molecule has 0 spiro atoms. The molecule has 0 aliphatic carbocycles. The largest absolute Gasteiger partial charge is 0.275 e. The summed E-state index contributed by atoms with van der Waals surface area (Å²) >= 11 is 0. The van der Waals surface area contributed by atoms with E-state index in [-0.39, 0.29) is 5.91 Å². The van der Waals surface area contributed by atoms with Gasteiger partial charge in [-0.2, -0.15) is 0 Å². The molecule has 0 fully saturated rings. The van der Waals surface area contributed by atoms with Crippen LogP contribution in [0, 0.1) is 6.92 Å². The number of amides is 1. The maximum absolute atomic E-state index is 12.8. The van der Waals surface area contributed by atoms with E-state index in [2.05, 4.69) is 11.6 Å². The molecule has 22 heavy (non-hydrogen) atoms. The summed E-state index contributed by atoms with van der Waals surface area (Å²) in [6.45, 7) is 6.14. The Morgan fingerprint density at radius 1 is 1.05 bits per heavy atom. The van der Waals surface area contributed by atoms with Crippen LogP contribution in [0.15, 0.2) is 61.3 Å². The molecular formula is C19H14N2O. The van der Waals surface area contributed by atoms with E-state index >= 15 is 0 Å². The Labute approximate surface area is 128 Å². The quantitative estimate of drug-likeness (QED) is 0.672. The predicted octanol–water partition coefficient (Wildman–Crippen LogP) is 4.17. The number of para-hydroxylation sites is 1. The summed E-state index contributed by atoms with van der Waals surface area (Å²) in [6, 6.07) is 15.6. The number of carbonyl (C=O) groups excluding carboxylic acids is 1. The van der Waals surface area contributed by atoms with Crippen molar-refractivity contribution < 1.29 is 4.79 Å². The Morgan fingerprint density at radius 3 is 2.73 bits per heavy atom. The van der Waals surface area contributed by atoms with Gasteiger partial charge in [-0.25, -0.2) is 0 Å². The van der Waals surface area contributed by atoms with E-state index in [9.17, 15) is 4.79 Å². The van der Waals surface area contributed by atoms with Gasteiger partial charge in [0.1, 0.15) is 0 Å². The maximum Gasteiger partial charge on any atom is 0.263 e. The SMILES string of the molecule is C=C1c2cc(C)ccc2C(=O)N1c1cccc2cccnc12. The van der Waals surface area contributed by atoms with Gasteiger partial charge in [0, 0.05) is 22.7 Å². The van der Waals surface area contributed by atoms with Gasteiger partial charge >= 0.3 is 0 Å². The minimum absolute atomic E-state index is 0.0434. The molecule has 4 rings (SSSR count). The van der Waals surface area contributed by atoms with Crippen LogP contribution in [0.5, 0.6) is 0 Å². The van der Waals surface area contributed by atoms with E-state index in [1.165, 1.54) is 0 Å². The monoisotopic (exact) mass is 286 g/mol. The van der Waals surface area contributed by atoms with Crippen LogP contribution in [0.25, 0.3) is 16.6 Å². The summed E-state index contributed by atoms with van der Waals surface area (Å²) in [7, 11) is 0. The second kappa shape index (κ2) is 4.53. The molecule has 1 aliphatic rings. The Hall–Kier alpha value is -2.94. The van der Waals surface area contributed by atoms with E-state index in [1.54, 1.807) is 11.1 Å². The molecule has 0 radical (unpaired) electrons. The Balaban J connectivity index is 1.94. The van der Waals surface area contributed by atoms with Crippen molar-refractivity contribution in [1.29, 1.82) is 0 Å². The summed E-state index contributed by atoms with van der Waals surface area (Å²) in [4.78, 5) is 18.9. The van der Waals surface area contributed by atoms with Crippen LogP contribution in [0.3, 0.4) is 0 Å². The van der Waals surface area contributed by atoms with Gasteiger partial charge in [-0.3, -0.25) is 14.7 Å². The van der Waals surface area contributed by atoms with Gasteiger partial charge in [0.05, 0.1) is 16.9 Å². The summed E-state index contributed by atoms with van der Waals surface area (Å²) < 4.78 is 0. The fourth-order valence-corrected chi connectivity index (χ4v) is 2.97. The minimum Gasteiger partial charge on any atom is -0.275 e. The highest BCUT2D eigenvalue weighted by molar-refractivity contribution is 6.24. The molecule has 0 saturated carbocycles. The molecule has 3 heteroatoms. The molecule has 106 valence electrons. The summed E-state index contributed by atoms with van der Waals surface area (Å²) in [6.07, 6.45) is 1.74. The summed E-state index contributed by atoms with van der Waals surface area (Å²) in [5.74, 6) is -0.0434. The highest BCUT2D eigenvalue weighted by Crippen LogP contribution is 2.38. The van der Waals surface area contributed by atoms with Crippen molar-refractivity contribution in [2.24, 2.45) is 0 Å². The topological polar surface area (TPSA) is 33.2 Å². The molecule has 0 saturated heterocycles. The molecule has 2 aromatic carbocycles. The van der Waals surface area contributed by atoms with Gasteiger partial charge in [0.25, 0.3) is 5.91 Å². The number of anilines is 1. The van der Waals surface area contributed by atoms with Crippen LogP contribution in [-0.4, -0.2) is 10.9 Å². The number of pyridine rings is 1. The highest BCUT2D eigenvalue weighted by atomic mass is 16.2. The first-order chi connectivity index (χ1) is 10.7. The standard InChI is InChI=1S/C19H14N2O/c1-12-8-9-15-16(11-12)13(2)21(19(15)22)17-7-3-5-14-6-4-10-20-18(14)17/h3-11H,2H2,1H3. The second-order valence-electron chi connectivity index (χ2n) is 5.49. The number of aromatic nitrogens is 1. The van der Waals surface area contributed by atoms with E-state index in [1.807, 2.05) is 55.5 Å². The van der Waals surface area contributed by atoms with E-state index in [0.29, 0.717) is 11.3 Å². The lowest BCUT2D eigenvalue weighted by molar-refractivity contribution is 0.101. The van der Waals surface area contributed by atoms with Gasteiger partial charge in [-0.15, -0.1) is 0 Å². The van der Waals surface area contributed by atoms with Crippen molar-refractivity contribution in [2.45, 2.75) is 6.92 Å². The number of aryl methyl sites for hydroxylation is 1. The molecule has 3 nitrogen and oxygen atoms in total. The fourth-order valence-electron chi connectivity index (χ4n) is 2.97. The van der Waals surface area contributed by atoms with Crippen molar-refractivity contribution in [3.05, 3.63) is 78.0 Å². The average Bonchev–Trinajstić information content (AvgIpc) is 2.78. The first-order valence-corrected chi connectivity index (χ1v) is 7.15. The van der Waals surface area contributed by atoms with Crippen molar-refractivity contribution in [3.63, 3.8) is 0 Å². The predicted molar refractivity (Wildman–Crippen MR) is 88.8 cm³/mol. The van der Waals surface area contributed by atoms with Crippen molar-refractivity contribution in [2.75, 3.05) is 4.90 Å². The van der Waals surface area contributed by atoms with Gasteiger partial charge in [0.2, 0.25) is 0 Å². The van der Waals surface area contributed by atoms with Crippen LogP contribution >= 0.6 is 0 Å². The van der Waals surface area contributed by atoms with Crippen molar-refractivity contribution in [1.82, 2.24) is 4.98 Å². The van der Waals surface area contributed by atoms with Crippen LogP contribution in [-0.2, 0) is 0 Å². The van der Waals surface area contributed by atoms with E-state index < -0.39 is 0 Å². The van der Waals surface area contributed by atoms with Crippen LogP contribution < -0.4 is 4.90 Å². The normalized spacial score (nSPS) is 13.8. The van der Waals surface area contributed by atoms with Gasteiger partial charge in [-0.05, 0) is 31.2 Å². The lowest BCUT2D eigenvalue weighted by atomic mass is 10.1. The number of hydrogen-bond donors (Lipinski definition) is 0. The molecule has 1 aliphatic heterocycles. The molecule has 0 atom stereocenters. The number of hydrogen-bond acceptors (Lipinski definition) is 2. The van der Waals surface area contributed by atoms with E-state index in [4.69, 9.17) is 0 Å². The van der Waals surface area contributed by atoms with Gasteiger partial charge < -0.3 is 0 Å². The molecule has 0 bridgehead atoms. The minimum atomic E-state index is -0.0434. The molecule has 1 aromatic heterocycles. The molecule has 3 aromatic rings. The third kappa shape index (κ3) is 1.69. The van der Waals surface area contributed by atoms with E-state index in [0.717, 1.165) is 27.7 Å². The number of fused-ring (bicyclic) bond motifs is 2. The lowest BCUT2D eigenvalue weighted by Crippen LogP contribution is -2.22. The zero-order valence-electron chi connectivity index (χ0n) is 12.2. The maximum atomic E-state index is 12.8. The second-order valence-corrected chi connectivity index (χ2v) is 5.49. The van der Waals surface area contributed by atoms with Crippen LogP contribution in [0.1, 0.15) is 21.5 Å². The molecule has 2 heterocycles. The molecular weight excluding hydrogens is 272 g/mol. The van der Waals surface area contributed by atoms with Crippen molar-refractivity contribution >= 4 is 28.2 Å². The average molecular weight is 286 g/mol. The number of rotatable bonds is 1. The smallest absolute Gasteiger partial charge is 0.263 e. The van der Waals surface area contributed by atoms with Gasteiger partial charge in [0.15, 0.2) is 0 Å². The zero-order valence-corrected chi connectivity index (χ0v) is 12.2. The zero-order chi connectivity index (χ0) is 15.3. The number of carbonyl (C=O) groups is 1. The fraction of sp³-hybridized carbons (Fsp3) is 0.0526. The first-order valence-electron chi connectivity index (χ1n) is 7.15. The first kappa shape index (κ1) is 12.8. The summed E-state index contributed by atoms with van der Waals surface area (Å²) in [5, 5.41) is 1.01. The Kier molecular flexibility index (Phi) is 2.63. The Morgan fingerprint density at radius 2 is 1.86 bits per heavy atom. The molecule has 0 N–H and O–H groups in total. The highest BCUT2D eigenvalue weighted by Gasteiger charge is 2.33. The molecule has 0 unspecified atom stereocenters. The van der Waals surface area contributed by atoms with Gasteiger partial charge in [-0.1, -0.05) is 36.4 Å². The lowest BCUT2D eigenvalue weighted by Gasteiger charge is -2.19. The third-order valence-corrected chi connectivity index (χ3v) is 4.04. The third-order valence-electron chi connectivity index (χ3n) is 4.04. The molecule has 1 amide bonds. The van der Waals surface area contributed by atoms with Crippen LogP contribution in [0.4, 0.5) is 5.69 Å². The number of nitrogens with zero attached hydrogens (tertiary/aromatic N) is 2. The van der Waals surface area contributed by atoms with Crippen LogP contribution in [0.2, 0.25) is 0 Å². The number of benzene rings is 2. The summed E-state index contributed by atoms with van der Waals surface area (Å²) in [5.41, 5.74) is 5.01.